The second-order valence-electron chi connectivity index (χ2n) is 4.51. The fourth-order valence-corrected chi connectivity index (χ4v) is 2.49. The Hall–Kier alpha value is -1.16. The van der Waals surface area contributed by atoms with Crippen LogP contribution in [0.25, 0.3) is 0 Å². The molecular weight excluding hydrogens is 260 g/mol. The normalized spacial score (nSPS) is 19.9. The van der Waals surface area contributed by atoms with Crippen LogP contribution < -0.4 is 0 Å². The highest BCUT2D eigenvalue weighted by molar-refractivity contribution is 6.18. The van der Waals surface area contributed by atoms with Gasteiger partial charge in [-0.05, 0) is 30.9 Å². The Bertz CT molecular complexity index is 432. The van der Waals surface area contributed by atoms with Crippen LogP contribution in [0.3, 0.4) is 0 Å². The maximum atomic E-state index is 13.5. The number of alkyl halides is 1. The summed E-state index contributed by atoms with van der Waals surface area (Å²) in [4.78, 5) is 13.6. The number of piperidine rings is 1. The van der Waals surface area contributed by atoms with E-state index in [0.29, 0.717) is 19.0 Å². The van der Waals surface area contributed by atoms with Crippen LogP contribution in [0.5, 0.6) is 0 Å². The Morgan fingerprint density at radius 2 is 2.06 bits per heavy atom. The average molecular weight is 274 g/mol. The smallest absolute Gasteiger partial charge is 0.259 e. The molecule has 1 aliphatic rings. The highest BCUT2D eigenvalue weighted by Gasteiger charge is 2.27. The highest BCUT2D eigenvalue weighted by atomic mass is 35.5. The second kappa shape index (κ2) is 5.65. The minimum absolute atomic E-state index is 0.208. The zero-order valence-electron chi connectivity index (χ0n) is 9.83. The summed E-state index contributed by atoms with van der Waals surface area (Å²) in [7, 11) is 0. The first-order valence-corrected chi connectivity index (χ1v) is 6.46. The number of amides is 1. The molecule has 1 aliphatic heterocycles. The molecule has 1 aromatic carbocycles. The van der Waals surface area contributed by atoms with Gasteiger partial charge >= 0.3 is 0 Å². The molecule has 1 heterocycles. The van der Waals surface area contributed by atoms with Gasteiger partial charge in [0.2, 0.25) is 0 Å². The molecule has 0 N–H and O–H groups in total. The van der Waals surface area contributed by atoms with Gasteiger partial charge in [-0.1, -0.05) is 6.07 Å². The molecule has 0 aliphatic carbocycles. The van der Waals surface area contributed by atoms with Crippen molar-refractivity contribution in [3.63, 3.8) is 0 Å². The van der Waals surface area contributed by atoms with Crippen molar-refractivity contribution in [2.24, 2.45) is 5.92 Å². The summed E-state index contributed by atoms with van der Waals surface area (Å²) in [5.74, 6) is -1.54. The number of benzene rings is 1. The molecule has 1 atom stereocenters. The lowest BCUT2D eigenvalue weighted by Crippen LogP contribution is -2.41. The lowest BCUT2D eigenvalue weighted by molar-refractivity contribution is 0.0675. The van der Waals surface area contributed by atoms with Gasteiger partial charge in [0.15, 0.2) is 0 Å². The Labute approximate surface area is 110 Å². The quantitative estimate of drug-likeness (QED) is 0.759. The van der Waals surface area contributed by atoms with Gasteiger partial charge in [-0.25, -0.2) is 8.78 Å². The Morgan fingerprint density at radius 3 is 2.67 bits per heavy atom. The van der Waals surface area contributed by atoms with Gasteiger partial charge in [0.05, 0.1) is 0 Å². The summed E-state index contributed by atoms with van der Waals surface area (Å²) in [6.07, 6.45) is 1.77. The van der Waals surface area contributed by atoms with Gasteiger partial charge in [0, 0.05) is 19.0 Å². The van der Waals surface area contributed by atoms with Crippen LogP contribution >= 0.6 is 11.6 Å². The van der Waals surface area contributed by atoms with Gasteiger partial charge in [-0.3, -0.25) is 4.79 Å². The van der Waals surface area contributed by atoms with Crippen molar-refractivity contribution in [3.8, 4) is 0 Å². The second-order valence-corrected chi connectivity index (χ2v) is 4.82. The minimum Gasteiger partial charge on any atom is -0.338 e. The highest BCUT2D eigenvalue weighted by Crippen LogP contribution is 2.21. The van der Waals surface area contributed by atoms with Crippen molar-refractivity contribution in [1.82, 2.24) is 4.90 Å². The minimum atomic E-state index is -0.812. The molecule has 1 unspecified atom stereocenters. The van der Waals surface area contributed by atoms with Gasteiger partial charge in [-0.15, -0.1) is 11.6 Å². The SMILES string of the molecule is O=C(c1c(F)cccc1F)N1CCCC(CCl)C1. The van der Waals surface area contributed by atoms with Crippen LogP contribution in [0, 0.1) is 17.6 Å². The van der Waals surface area contributed by atoms with E-state index in [-0.39, 0.29) is 5.92 Å². The molecule has 98 valence electrons. The first kappa shape index (κ1) is 13.3. The summed E-state index contributed by atoms with van der Waals surface area (Å²) in [5.41, 5.74) is -0.465. The molecule has 0 aromatic heterocycles. The topological polar surface area (TPSA) is 20.3 Å². The molecule has 1 amide bonds. The van der Waals surface area contributed by atoms with Crippen LogP contribution in [0.2, 0.25) is 0 Å². The van der Waals surface area contributed by atoms with Crippen molar-refractivity contribution in [2.75, 3.05) is 19.0 Å². The van der Waals surface area contributed by atoms with Crippen molar-refractivity contribution >= 4 is 17.5 Å². The number of halogens is 3. The van der Waals surface area contributed by atoms with E-state index in [4.69, 9.17) is 11.6 Å². The van der Waals surface area contributed by atoms with Gasteiger partial charge < -0.3 is 4.90 Å². The van der Waals surface area contributed by atoms with Crippen LogP contribution in [-0.4, -0.2) is 29.8 Å². The van der Waals surface area contributed by atoms with Crippen LogP contribution in [0.15, 0.2) is 18.2 Å². The van der Waals surface area contributed by atoms with Crippen molar-refractivity contribution in [1.29, 1.82) is 0 Å². The van der Waals surface area contributed by atoms with E-state index in [1.165, 1.54) is 11.0 Å². The Morgan fingerprint density at radius 1 is 1.39 bits per heavy atom. The van der Waals surface area contributed by atoms with E-state index in [2.05, 4.69) is 0 Å². The molecule has 5 heteroatoms. The molecule has 18 heavy (non-hydrogen) atoms. The Balaban J connectivity index is 2.20. The van der Waals surface area contributed by atoms with Crippen molar-refractivity contribution < 1.29 is 13.6 Å². The van der Waals surface area contributed by atoms with Crippen molar-refractivity contribution in [3.05, 3.63) is 35.4 Å². The summed E-state index contributed by atoms with van der Waals surface area (Å²) < 4.78 is 27.0. The molecule has 2 rings (SSSR count). The van der Waals surface area contributed by atoms with Gasteiger partial charge in [-0.2, -0.15) is 0 Å². The standard InChI is InChI=1S/C13H14ClF2NO/c14-7-9-3-2-6-17(8-9)13(18)12-10(15)4-1-5-11(12)16/h1,4-5,9H,2-3,6-8H2. The van der Waals surface area contributed by atoms with Gasteiger partial charge in [0.1, 0.15) is 17.2 Å². The lowest BCUT2D eigenvalue weighted by atomic mass is 9.99. The number of hydrogen-bond acceptors (Lipinski definition) is 1. The number of likely N-dealkylation sites (tertiary alicyclic amines) is 1. The summed E-state index contributed by atoms with van der Waals surface area (Å²) in [5, 5.41) is 0. The fourth-order valence-electron chi connectivity index (χ4n) is 2.24. The van der Waals surface area contributed by atoms with Crippen LogP contribution in [0.1, 0.15) is 23.2 Å². The van der Waals surface area contributed by atoms with E-state index >= 15 is 0 Å². The third kappa shape index (κ3) is 2.64. The predicted molar refractivity (Wildman–Crippen MR) is 65.7 cm³/mol. The number of nitrogens with zero attached hydrogens (tertiary/aromatic N) is 1. The van der Waals surface area contributed by atoms with E-state index in [0.717, 1.165) is 25.0 Å². The molecule has 0 radical (unpaired) electrons. The summed E-state index contributed by atoms with van der Waals surface area (Å²) in [6, 6.07) is 3.44. The predicted octanol–water partition coefficient (Wildman–Crippen LogP) is 3.06. The first-order chi connectivity index (χ1) is 8.63. The lowest BCUT2D eigenvalue weighted by Gasteiger charge is -2.32. The van der Waals surface area contributed by atoms with E-state index in [1.807, 2.05) is 0 Å². The molecular formula is C13H14ClF2NO. The van der Waals surface area contributed by atoms with Gasteiger partial charge in [0.25, 0.3) is 5.91 Å². The monoisotopic (exact) mass is 273 g/mol. The fraction of sp³-hybridized carbons (Fsp3) is 0.462. The molecule has 0 saturated carbocycles. The summed E-state index contributed by atoms with van der Waals surface area (Å²) >= 11 is 5.77. The largest absolute Gasteiger partial charge is 0.338 e. The van der Waals surface area contributed by atoms with E-state index in [9.17, 15) is 13.6 Å². The number of carbonyl (C=O) groups excluding carboxylic acids is 1. The number of hydrogen-bond donors (Lipinski definition) is 0. The first-order valence-electron chi connectivity index (χ1n) is 5.92. The molecule has 1 saturated heterocycles. The zero-order chi connectivity index (χ0) is 13.1. The summed E-state index contributed by atoms with van der Waals surface area (Å²) in [6.45, 7) is 0.996. The van der Waals surface area contributed by atoms with E-state index < -0.39 is 23.1 Å². The number of carbonyl (C=O) groups is 1. The number of rotatable bonds is 2. The molecule has 0 spiro atoms. The van der Waals surface area contributed by atoms with Crippen LogP contribution in [-0.2, 0) is 0 Å². The van der Waals surface area contributed by atoms with Crippen molar-refractivity contribution in [2.45, 2.75) is 12.8 Å². The molecule has 0 bridgehead atoms. The third-order valence-electron chi connectivity index (χ3n) is 3.20. The molecule has 1 fully saturated rings. The van der Waals surface area contributed by atoms with Crippen LogP contribution in [0.4, 0.5) is 8.78 Å². The molecule has 2 nitrogen and oxygen atoms in total. The Kier molecular flexibility index (Phi) is 4.17. The maximum Gasteiger partial charge on any atom is 0.259 e. The zero-order valence-corrected chi connectivity index (χ0v) is 10.6. The average Bonchev–Trinajstić information content (AvgIpc) is 2.38. The molecule has 1 aromatic rings. The van der Waals surface area contributed by atoms with E-state index in [1.54, 1.807) is 0 Å². The third-order valence-corrected chi connectivity index (χ3v) is 3.64. The maximum absolute atomic E-state index is 13.5.